The fourth-order valence-corrected chi connectivity index (χ4v) is 2.59. The molecule has 0 N–H and O–H groups in total. The molecule has 0 bridgehead atoms. The molecule has 0 radical (unpaired) electrons. The average molecular weight is 327 g/mol. The summed E-state index contributed by atoms with van der Waals surface area (Å²) in [7, 11) is 0. The first-order chi connectivity index (χ1) is 11.4. The smallest absolute Gasteiger partial charge is 0.119 e. The van der Waals surface area contributed by atoms with Crippen molar-refractivity contribution in [3.05, 3.63) is 65.7 Å². The molecule has 0 amide bonds. The molecule has 2 heteroatoms. The lowest BCUT2D eigenvalue weighted by molar-refractivity contribution is 0.304. The second-order valence-electron chi connectivity index (χ2n) is 5.65. The number of rotatable bonds is 10. The average Bonchev–Trinajstić information content (AvgIpc) is 2.61. The second kappa shape index (κ2) is 11.0. The monoisotopic (exact) mass is 326 g/mol. The molecule has 1 nitrogen and oxygen atoms in total. The van der Waals surface area contributed by atoms with Crippen LogP contribution < -0.4 is 4.74 Å². The highest BCUT2D eigenvalue weighted by molar-refractivity contribution is 7.80. The molecule has 2 aromatic carbocycles. The Morgan fingerprint density at radius 1 is 0.696 bits per heavy atom. The van der Waals surface area contributed by atoms with E-state index in [4.69, 9.17) is 4.74 Å². The van der Waals surface area contributed by atoms with E-state index < -0.39 is 0 Å². The zero-order valence-electron chi connectivity index (χ0n) is 13.7. The predicted octanol–water partition coefficient (Wildman–Crippen LogP) is 6.12. The van der Waals surface area contributed by atoms with Crippen molar-refractivity contribution in [1.82, 2.24) is 0 Å². The van der Waals surface area contributed by atoms with E-state index in [2.05, 4.69) is 61.2 Å². The summed E-state index contributed by atoms with van der Waals surface area (Å²) in [5.74, 6) is 1.96. The molecule has 0 aliphatic heterocycles. The molecule has 0 unspecified atom stereocenters. The van der Waals surface area contributed by atoms with Crippen molar-refractivity contribution in [1.29, 1.82) is 0 Å². The highest BCUT2D eigenvalue weighted by Crippen LogP contribution is 2.15. The van der Waals surface area contributed by atoms with Crippen LogP contribution in [-0.2, 0) is 0 Å². The van der Waals surface area contributed by atoms with Crippen molar-refractivity contribution in [3.63, 3.8) is 0 Å². The van der Waals surface area contributed by atoms with E-state index in [-0.39, 0.29) is 0 Å². The van der Waals surface area contributed by atoms with Crippen molar-refractivity contribution in [2.75, 3.05) is 12.4 Å². The van der Waals surface area contributed by atoms with Crippen LogP contribution in [0.1, 0.15) is 43.2 Å². The maximum absolute atomic E-state index is 5.79. The number of ether oxygens (including phenoxy) is 1. The Balaban J connectivity index is 1.69. The molecule has 0 saturated heterocycles. The van der Waals surface area contributed by atoms with Crippen LogP contribution in [0.2, 0.25) is 0 Å². The summed E-state index contributed by atoms with van der Waals surface area (Å²) >= 11 is 4.23. The third kappa shape index (κ3) is 7.43. The zero-order chi connectivity index (χ0) is 16.2. The summed E-state index contributed by atoms with van der Waals surface area (Å²) in [6.07, 6.45) is 10.4. The van der Waals surface area contributed by atoms with Gasteiger partial charge in [0.15, 0.2) is 0 Å². The van der Waals surface area contributed by atoms with Gasteiger partial charge in [0, 0.05) is 0 Å². The Bertz CT molecular complexity index is 560. The maximum atomic E-state index is 5.79. The topological polar surface area (TPSA) is 9.23 Å². The van der Waals surface area contributed by atoms with Gasteiger partial charge in [0.1, 0.15) is 5.75 Å². The van der Waals surface area contributed by atoms with Crippen molar-refractivity contribution in [2.24, 2.45) is 0 Å². The zero-order valence-corrected chi connectivity index (χ0v) is 14.6. The van der Waals surface area contributed by atoms with Gasteiger partial charge >= 0.3 is 0 Å². The van der Waals surface area contributed by atoms with Gasteiger partial charge in [0.2, 0.25) is 0 Å². The first-order valence-corrected chi connectivity index (χ1v) is 9.08. The minimum Gasteiger partial charge on any atom is -0.494 e. The second-order valence-corrected chi connectivity index (χ2v) is 6.10. The van der Waals surface area contributed by atoms with Crippen molar-refractivity contribution in [2.45, 2.75) is 32.1 Å². The maximum Gasteiger partial charge on any atom is 0.119 e. The largest absolute Gasteiger partial charge is 0.494 e. The van der Waals surface area contributed by atoms with Crippen LogP contribution in [0.15, 0.2) is 54.6 Å². The molecule has 0 aliphatic rings. The predicted molar refractivity (Wildman–Crippen MR) is 104 cm³/mol. The van der Waals surface area contributed by atoms with E-state index >= 15 is 0 Å². The SMILES string of the molecule is SCCCCCCCOc1ccc(/C=C/c2ccccc2)cc1. The molecule has 0 aliphatic carbocycles. The summed E-state index contributed by atoms with van der Waals surface area (Å²) < 4.78 is 5.79. The molecule has 2 aromatic rings. The summed E-state index contributed by atoms with van der Waals surface area (Å²) in [6, 6.07) is 18.6. The van der Waals surface area contributed by atoms with Gasteiger partial charge in [0.05, 0.1) is 6.61 Å². The molecule has 0 saturated carbocycles. The highest BCUT2D eigenvalue weighted by Gasteiger charge is 1.95. The third-order valence-electron chi connectivity index (χ3n) is 3.72. The minimum absolute atomic E-state index is 0.806. The number of hydrogen-bond acceptors (Lipinski definition) is 2. The summed E-state index contributed by atoms with van der Waals surface area (Å²) in [5.41, 5.74) is 2.40. The van der Waals surface area contributed by atoms with E-state index in [0.717, 1.165) is 24.5 Å². The van der Waals surface area contributed by atoms with E-state index in [0.29, 0.717) is 0 Å². The Hall–Kier alpha value is -1.67. The molecule has 122 valence electrons. The molecule has 0 heterocycles. The van der Waals surface area contributed by atoms with Crippen molar-refractivity contribution in [3.8, 4) is 5.75 Å². The molecular weight excluding hydrogens is 300 g/mol. The molecule has 2 rings (SSSR count). The van der Waals surface area contributed by atoms with Gasteiger partial charge in [-0.1, -0.05) is 73.9 Å². The number of thiol groups is 1. The van der Waals surface area contributed by atoms with Crippen LogP contribution in [-0.4, -0.2) is 12.4 Å². The van der Waals surface area contributed by atoms with Gasteiger partial charge in [0.25, 0.3) is 0 Å². The number of unbranched alkanes of at least 4 members (excludes halogenated alkanes) is 4. The van der Waals surface area contributed by atoms with E-state index in [1.807, 2.05) is 18.2 Å². The Labute approximate surface area is 145 Å². The minimum atomic E-state index is 0.806. The summed E-state index contributed by atoms with van der Waals surface area (Å²) in [4.78, 5) is 0. The number of hydrogen-bond donors (Lipinski definition) is 1. The fourth-order valence-electron chi connectivity index (χ4n) is 2.37. The molecular formula is C21H26OS. The summed E-state index contributed by atoms with van der Waals surface area (Å²) in [6.45, 7) is 0.806. The van der Waals surface area contributed by atoms with Crippen LogP contribution in [0.3, 0.4) is 0 Å². The Morgan fingerprint density at radius 2 is 1.30 bits per heavy atom. The van der Waals surface area contributed by atoms with Crippen LogP contribution in [0, 0.1) is 0 Å². The van der Waals surface area contributed by atoms with Gasteiger partial charge in [-0.25, -0.2) is 0 Å². The Morgan fingerprint density at radius 3 is 2.00 bits per heavy atom. The molecule has 23 heavy (non-hydrogen) atoms. The van der Waals surface area contributed by atoms with Crippen LogP contribution in [0.4, 0.5) is 0 Å². The lowest BCUT2D eigenvalue weighted by atomic mass is 10.1. The first kappa shape index (κ1) is 17.7. The van der Waals surface area contributed by atoms with Crippen LogP contribution >= 0.6 is 12.6 Å². The standard InChI is InChI=1S/C21H26OS/c23-18-8-3-1-2-7-17-22-21-15-13-20(14-16-21)12-11-19-9-5-4-6-10-19/h4-6,9-16,23H,1-3,7-8,17-18H2/b12-11+. The fraction of sp³-hybridized carbons (Fsp3) is 0.333. The van der Waals surface area contributed by atoms with Crippen molar-refractivity contribution >= 4 is 24.8 Å². The van der Waals surface area contributed by atoms with Gasteiger partial charge in [-0.2, -0.15) is 12.6 Å². The lowest BCUT2D eigenvalue weighted by Gasteiger charge is -2.06. The number of benzene rings is 2. The van der Waals surface area contributed by atoms with Crippen LogP contribution in [0.25, 0.3) is 12.2 Å². The normalized spacial score (nSPS) is 11.0. The molecule has 0 atom stereocenters. The van der Waals surface area contributed by atoms with Gasteiger partial charge in [-0.05, 0) is 41.9 Å². The quantitative estimate of drug-likeness (QED) is 0.314. The third-order valence-corrected chi connectivity index (χ3v) is 4.04. The van der Waals surface area contributed by atoms with E-state index in [1.165, 1.54) is 36.8 Å². The molecule has 0 spiro atoms. The van der Waals surface area contributed by atoms with E-state index in [1.54, 1.807) is 0 Å². The summed E-state index contributed by atoms with van der Waals surface area (Å²) in [5, 5.41) is 0. The van der Waals surface area contributed by atoms with Crippen LogP contribution in [0.5, 0.6) is 5.75 Å². The molecule has 0 aromatic heterocycles. The van der Waals surface area contributed by atoms with Gasteiger partial charge in [-0.3, -0.25) is 0 Å². The van der Waals surface area contributed by atoms with Crippen molar-refractivity contribution < 1.29 is 4.74 Å². The van der Waals surface area contributed by atoms with Gasteiger partial charge in [-0.15, -0.1) is 0 Å². The lowest BCUT2D eigenvalue weighted by Crippen LogP contribution is -1.97. The first-order valence-electron chi connectivity index (χ1n) is 8.45. The Kier molecular flexibility index (Phi) is 8.42. The van der Waals surface area contributed by atoms with E-state index in [9.17, 15) is 0 Å². The molecule has 0 fully saturated rings. The van der Waals surface area contributed by atoms with Gasteiger partial charge < -0.3 is 4.74 Å². The highest BCUT2D eigenvalue weighted by atomic mass is 32.1.